The average molecular weight is 170 g/mol. The van der Waals surface area contributed by atoms with Crippen LogP contribution in [-0.4, -0.2) is 50.8 Å². The number of ether oxygens (including phenoxy) is 1. The molecule has 2 saturated heterocycles. The Hall–Kier alpha value is -0.120. The average Bonchev–Trinajstić information content (AvgIpc) is 2.30. The van der Waals surface area contributed by atoms with Crippen molar-refractivity contribution in [3.63, 3.8) is 0 Å². The third-order valence-corrected chi connectivity index (χ3v) is 3.39. The first kappa shape index (κ1) is 8.48. The minimum atomic E-state index is 0.167. The highest BCUT2D eigenvalue weighted by Crippen LogP contribution is 2.33. The second-order valence-corrected chi connectivity index (χ2v) is 4.11. The molecule has 0 aliphatic carbocycles. The molecule has 0 aromatic carbocycles. The van der Waals surface area contributed by atoms with Crippen molar-refractivity contribution < 1.29 is 4.74 Å². The van der Waals surface area contributed by atoms with Crippen molar-refractivity contribution in [2.75, 3.05) is 40.3 Å². The van der Waals surface area contributed by atoms with Gasteiger partial charge in [-0.15, -0.1) is 0 Å². The molecule has 0 saturated carbocycles. The number of likely N-dealkylation sites (tertiary alicyclic amines) is 1. The van der Waals surface area contributed by atoms with E-state index in [-0.39, 0.29) is 5.60 Å². The van der Waals surface area contributed by atoms with E-state index in [9.17, 15) is 0 Å². The van der Waals surface area contributed by atoms with E-state index in [2.05, 4.69) is 17.3 Å². The molecule has 0 aromatic rings. The van der Waals surface area contributed by atoms with Crippen LogP contribution in [-0.2, 0) is 4.74 Å². The molecule has 2 rings (SSSR count). The first-order valence-electron chi connectivity index (χ1n) is 4.71. The van der Waals surface area contributed by atoms with Gasteiger partial charge in [-0.3, -0.25) is 0 Å². The molecular formula is C9H18N2O. The molecule has 2 aliphatic rings. The van der Waals surface area contributed by atoms with Crippen LogP contribution in [0.5, 0.6) is 0 Å². The number of likely N-dealkylation sites (N-methyl/N-ethyl adjacent to an activating group) is 1. The maximum Gasteiger partial charge on any atom is 0.0869 e. The topological polar surface area (TPSA) is 24.5 Å². The molecule has 1 N–H and O–H groups in total. The van der Waals surface area contributed by atoms with Crippen LogP contribution in [0, 0.1) is 5.92 Å². The summed E-state index contributed by atoms with van der Waals surface area (Å²) in [5.41, 5.74) is 0.167. The molecule has 0 bridgehead atoms. The van der Waals surface area contributed by atoms with Crippen LogP contribution in [0.3, 0.4) is 0 Å². The van der Waals surface area contributed by atoms with E-state index in [0.717, 1.165) is 25.6 Å². The van der Waals surface area contributed by atoms with Crippen molar-refractivity contribution >= 4 is 0 Å². The fourth-order valence-electron chi connectivity index (χ4n) is 2.32. The van der Waals surface area contributed by atoms with Crippen molar-refractivity contribution in [2.45, 2.75) is 12.0 Å². The highest BCUT2D eigenvalue weighted by atomic mass is 16.5. The Bertz CT molecular complexity index is 170. The number of methoxy groups -OCH3 is 1. The Kier molecular flexibility index (Phi) is 2.10. The van der Waals surface area contributed by atoms with Crippen molar-refractivity contribution in [2.24, 2.45) is 5.92 Å². The lowest BCUT2D eigenvalue weighted by atomic mass is 9.82. The second-order valence-electron chi connectivity index (χ2n) is 4.11. The van der Waals surface area contributed by atoms with Crippen LogP contribution in [0.25, 0.3) is 0 Å². The largest absolute Gasteiger partial charge is 0.376 e. The van der Waals surface area contributed by atoms with Gasteiger partial charge in [0.1, 0.15) is 0 Å². The summed E-state index contributed by atoms with van der Waals surface area (Å²) >= 11 is 0. The van der Waals surface area contributed by atoms with Gasteiger partial charge in [-0.2, -0.15) is 0 Å². The van der Waals surface area contributed by atoms with Gasteiger partial charge in [0.15, 0.2) is 0 Å². The van der Waals surface area contributed by atoms with Gasteiger partial charge in [0.25, 0.3) is 0 Å². The van der Waals surface area contributed by atoms with E-state index < -0.39 is 0 Å². The summed E-state index contributed by atoms with van der Waals surface area (Å²) in [5.74, 6) is 0.743. The molecule has 1 atom stereocenters. The molecule has 3 heteroatoms. The van der Waals surface area contributed by atoms with Crippen LogP contribution in [0.2, 0.25) is 0 Å². The third-order valence-electron chi connectivity index (χ3n) is 3.39. The molecule has 2 heterocycles. The first-order chi connectivity index (χ1) is 5.77. The molecule has 2 aliphatic heterocycles. The van der Waals surface area contributed by atoms with Crippen LogP contribution in [0.1, 0.15) is 6.42 Å². The van der Waals surface area contributed by atoms with Crippen molar-refractivity contribution in [3.8, 4) is 0 Å². The lowest BCUT2D eigenvalue weighted by molar-refractivity contribution is -0.0643. The van der Waals surface area contributed by atoms with Gasteiger partial charge >= 0.3 is 0 Å². The molecule has 12 heavy (non-hydrogen) atoms. The highest BCUT2D eigenvalue weighted by molar-refractivity contribution is 5.00. The Morgan fingerprint density at radius 3 is 2.58 bits per heavy atom. The molecule has 3 nitrogen and oxygen atoms in total. The standard InChI is InChI=1S/C9H18N2O/c1-11-4-3-9(7-11,12-2)8-5-10-6-8/h8,10H,3-7H2,1-2H3. The van der Waals surface area contributed by atoms with Gasteiger partial charge in [-0.25, -0.2) is 0 Å². The maximum atomic E-state index is 5.69. The van der Waals surface area contributed by atoms with E-state index in [4.69, 9.17) is 4.74 Å². The molecule has 2 fully saturated rings. The Morgan fingerprint density at radius 1 is 1.50 bits per heavy atom. The zero-order chi connectivity index (χ0) is 8.60. The van der Waals surface area contributed by atoms with Gasteiger partial charge in [-0.05, 0) is 13.5 Å². The van der Waals surface area contributed by atoms with E-state index in [1.54, 1.807) is 0 Å². The Morgan fingerprint density at radius 2 is 2.25 bits per heavy atom. The highest BCUT2D eigenvalue weighted by Gasteiger charge is 2.45. The minimum Gasteiger partial charge on any atom is -0.376 e. The molecule has 0 spiro atoms. The number of nitrogens with zero attached hydrogens (tertiary/aromatic N) is 1. The van der Waals surface area contributed by atoms with Gasteiger partial charge in [0.2, 0.25) is 0 Å². The van der Waals surface area contributed by atoms with E-state index >= 15 is 0 Å². The summed E-state index contributed by atoms with van der Waals surface area (Å²) in [6, 6.07) is 0. The number of nitrogens with one attached hydrogen (secondary N) is 1. The monoisotopic (exact) mass is 170 g/mol. The quantitative estimate of drug-likeness (QED) is 0.627. The summed E-state index contributed by atoms with van der Waals surface area (Å²) in [6.07, 6.45) is 1.20. The molecule has 0 aromatic heterocycles. The first-order valence-corrected chi connectivity index (χ1v) is 4.71. The smallest absolute Gasteiger partial charge is 0.0869 e. The van der Waals surface area contributed by atoms with Crippen LogP contribution in [0.4, 0.5) is 0 Å². The summed E-state index contributed by atoms with van der Waals surface area (Å²) in [4.78, 5) is 2.36. The van der Waals surface area contributed by atoms with E-state index in [1.165, 1.54) is 13.0 Å². The van der Waals surface area contributed by atoms with Gasteiger partial charge in [0, 0.05) is 39.2 Å². The van der Waals surface area contributed by atoms with Crippen molar-refractivity contribution in [1.29, 1.82) is 0 Å². The number of hydrogen-bond acceptors (Lipinski definition) is 3. The Labute approximate surface area is 74.1 Å². The fraction of sp³-hybridized carbons (Fsp3) is 1.00. The molecule has 0 amide bonds. The lowest BCUT2D eigenvalue weighted by Gasteiger charge is -2.42. The van der Waals surface area contributed by atoms with Crippen LogP contribution < -0.4 is 5.32 Å². The lowest BCUT2D eigenvalue weighted by Crippen LogP contribution is -2.57. The minimum absolute atomic E-state index is 0.167. The second kappa shape index (κ2) is 2.98. The van der Waals surface area contributed by atoms with Crippen LogP contribution >= 0.6 is 0 Å². The maximum absolute atomic E-state index is 5.69. The zero-order valence-corrected chi connectivity index (χ0v) is 7.97. The third kappa shape index (κ3) is 1.16. The molecule has 0 radical (unpaired) electrons. The predicted octanol–water partition coefficient (Wildman–Crippen LogP) is -0.0735. The predicted molar refractivity (Wildman–Crippen MR) is 48.2 cm³/mol. The normalized spacial score (nSPS) is 38.5. The summed E-state index contributed by atoms with van der Waals surface area (Å²) in [6.45, 7) is 4.57. The molecule has 1 unspecified atom stereocenters. The number of hydrogen-bond donors (Lipinski definition) is 1. The fourth-order valence-corrected chi connectivity index (χ4v) is 2.32. The van der Waals surface area contributed by atoms with Gasteiger partial charge in [-0.1, -0.05) is 0 Å². The Balaban J connectivity index is 2.03. The molecule has 70 valence electrons. The summed E-state index contributed by atoms with van der Waals surface area (Å²) in [7, 11) is 4.03. The summed E-state index contributed by atoms with van der Waals surface area (Å²) in [5, 5.41) is 3.31. The zero-order valence-electron chi connectivity index (χ0n) is 7.97. The number of rotatable bonds is 2. The van der Waals surface area contributed by atoms with Crippen molar-refractivity contribution in [3.05, 3.63) is 0 Å². The van der Waals surface area contributed by atoms with Gasteiger partial charge in [0.05, 0.1) is 5.60 Å². The van der Waals surface area contributed by atoms with E-state index in [1.807, 2.05) is 7.11 Å². The SMILES string of the molecule is COC1(C2CNC2)CCN(C)C1. The van der Waals surface area contributed by atoms with Crippen LogP contribution in [0.15, 0.2) is 0 Å². The van der Waals surface area contributed by atoms with Crippen molar-refractivity contribution in [1.82, 2.24) is 10.2 Å². The van der Waals surface area contributed by atoms with E-state index in [0.29, 0.717) is 0 Å². The van der Waals surface area contributed by atoms with Gasteiger partial charge < -0.3 is 15.0 Å². The molecular weight excluding hydrogens is 152 g/mol. The summed E-state index contributed by atoms with van der Waals surface area (Å²) < 4.78 is 5.69.